The molecule has 5 heteroatoms. The minimum atomic E-state index is -0.576. The maximum absolute atomic E-state index is 12.1. The average Bonchev–Trinajstić information content (AvgIpc) is 2.94. The summed E-state index contributed by atoms with van der Waals surface area (Å²) in [6, 6.07) is 7.59. The van der Waals surface area contributed by atoms with Crippen LogP contribution >= 0.6 is 0 Å². The van der Waals surface area contributed by atoms with E-state index in [-0.39, 0.29) is 11.9 Å². The Balaban J connectivity index is 2.00. The predicted octanol–water partition coefficient (Wildman–Crippen LogP) is 0.731. The minimum absolute atomic E-state index is 0.0991. The van der Waals surface area contributed by atoms with Gasteiger partial charge < -0.3 is 15.7 Å². The van der Waals surface area contributed by atoms with Gasteiger partial charge in [-0.15, -0.1) is 0 Å². The Hall–Kier alpha value is -1.43. The van der Waals surface area contributed by atoms with Crippen LogP contribution in [0.3, 0.4) is 0 Å². The Morgan fingerprint density at radius 3 is 2.67 bits per heavy atom. The van der Waals surface area contributed by atoms with Crippen molar-refractivity contribution in [3.63, 3.8) is 0 Å². The summed E-state index contributed by atoms with van der Waals surface area (Å²) < 4.78 is 0. The molecule has 1 aromatic carbocycles. The zero-order valence-corrected chi connectivity index (χ0v) is 12.8. The normalized spacial score (nSPS) is 20.5. The monoisotopic (exact) mass is 291 g/mol. The summed E-state index contributed by atoms with van der Waals surface area (Å²) in [5.41, 5.74) is 7.49. The molecule has 1 saturated heterocycles. The van der Waals surface area contributed by atoms with E-state index in [0.29, 0.717) is 13.1 Å². The lowest BCUT2D eigenvalue weighted by Gasteiger charge is -2.28. The van der Waals surface area contributed by atoms with Crippen molar-refractivity contribution in [2.75, 3.05) is 27.2 Å². The molecule has 1 aliphatic rings. The van der Waals surface area contributed by atoms with Crippen molar-refractivity contribution >= 4 is 5.91 Å². The van der Waals surface area contributed by atoms with Crippen LogP contribution in [0, 0.1) is 0 Å². The van der Waals surface area contributed by atoms with Crippen molar-refractivity contribution in [3.8, 4) is 0 Å². The van der Waals surface area contributed by atoms with Gasteiger partial charge in [0.15, 0.2) is 0 Å². The lowest BCUT2D eigenvalue weighted by Crippen LogP contribution is -2.44. The molecule has 1 aromatic rings. The molecule has 1 heterocycles. The zero-order chi connectivity index (χ0) is 15.4. The molecule has 0 bridgehead atoms. The smallest absolute Gasteiger partial charge is 0.239 e. The number of carbonyl (C=O) groups excluding carboxylic acids is 1. The lowest BCUT2D eigenvalue weighted by molar-refractivity contribution is -0.133. The van der Waals surface area contributed by atoms with Crippen molar-refractivity contribution < 1.29 is 9.90 Å². The topological polar surface area (TPSA) is 69.8 Å². The van der Waals surface area contributed by atoms with E-state index in [1.54, 1.807) is 19.0 Å². The van der Waals surface area contributed by atoms with E-state index in [4.69, 9.17) is 5.73 Å². The molecule has 0 spiro atoms. The lowest BCUT2D eigenvalue weighted by atomic mass is 10.1. The molecule has 116 valence electrons. The molecule has 2 rings (SSSR count). The molecule has 0 aliphatic carbocycles. The van der Waals surface area contributed by atoms with Gasteiger partial charge in [0.2, 0.25) is 5.91 Å². The van der Waals surface area contributed by atoms with Crippen molar-refractivity contribution in [3.05, 3.63) is 35.4 Å². The summed E-state index contributed by atoms with van der Waals surface area (Å²) in [7, 11) is 3.56. The molecule has 1 aliphatic heterocycles. The summed E-state index contributed by atoms with van der Waals surface area (Å²) in [6.07, 6.45) is 1.30. The van der Waals surface area contributed by atoms with Gasteiger partial charge >= 0.3 is 0 Å². The number of rotatable bonds is 5. The van der Waals surface area contributed by atoms with Crippen LogP contribution in [-0.4, -0.2) is 54.0 Å². The third-order valence-electron chi connectivity index (χ3n) is 4.10. The highest BCUT2D eigenvalue weighted by molar-refractivity contribution is 5.81. The van der Waals surface area contributed by atoms with E-state index in [1.165, 1.54) is 0 Å². The Morgan fingerprint density at radius 1 is 1.43 bits per heavy atom. The molecule has 0 radical (unpaired) electrons. The molecule has 5 nitrogen and oxygen atoms in total. The third-order valence-corrected chi connectivity index (χ3v) is 4.10. The van der Waals surface area contributed by atoms with Crippen LogP contribution in [0.5, 0.6) is 0 Å². The first kappa shape index (κ1) is 15.9. The number of benzene rings is 1. The highest BCUT2D eigenvalue weighted by Gasteiger charge is 2.32. The van der Waals surface area contributed by atoms with Gasteiger partial charge in [-0.25, -0.2) is 0 Å². The fourth-order valence-electron chi connectivity index (χ4n) is 2.83. The number of likely N-dealkylation sites (tertiary alicyclic amines) is 1. The van der Waals surface area contributed by atoms with Crippen LogP contribution in [0.4, 0.5) is 0 Å². The summed E-state index contributed by atoms with van der Waals surface area (Å²) in [6.45, 7) is 1.86. The van der Waals surface area contributed by atoms with Crippen LogP contribution in [-0.2, 0) is 11.3 Å². The summed E-state index contributed by atoms with van der Waals surface area (Å²) in [5, 5.41) is 10.4. The fourth-order valence-corrected chi connectivity index (χ4v) is 2.83. The summed E-state index contributed by atoms with van der Waals surface area (Å²) >= 11 is 0. The van der Waals surface area contributed by atoms with E-state index in [1.807, 2.05) is 24.3 Å². The maximum atomic E-state index is 12.1. The van der Waals surface area contributed by atoms with E-state index in [9.17, 15) is 9.90 Å². The number of nitrogens with two attached hydrogens (primary N) is 1. The number of likely N-dealkylation sites (N-methyl/N-ethyl adjacent to an activating group) is 1. The van der Waals surface area contributed by atoms with Gasteiger partial charge in [0.05, 0.1) is 12.1 Å². The van der Waals surface area contributed by atoms with Crippen molar-refractivity contribution in [2.24, 2.45) is 5.73 Å². The van der Waals surface area contributed by atoms with Gasteiger partial charge in [-0.3, -0.25) is 9.69 Å². The predicted molar refractivity (Wildman–Crippen MR) is 82.6 cm³/mol. The Bertz CT molecular complexity index is 473. The van der Waals surface area contributed by atoms with Gasteiger partial charge in [-0.2, -0.15) is 0 Å². The van der Waals surface area contributed by atoms with Crippen molar-refractivity contribution in [2.45, 2.75) is 31.5 Å². The van der Waals surface area contributed by atoms with Gasteiger partial charge in [0.1, 0.15) is 0 Å². The second-order valence-corrected chi connectivity index (χ2v) is 5.85. The molecule has 1 fully saturated rings. The second kappa shape index (κ2) is 7.02. The first-order chi connectivity index (χ1) is 10.0. The largest absolute Gasteiger partial charge is 0.387 e. The Kier molecular flexibility index (Phi) is 5.33. The Labute approximate surface area is 126 Å². The van der Waals surface area contributed by atoms with Crippen LogP contribution in [0.25, 0.3) is 0 Å². The molecule has 2 atom stereocenters. The standard InChI is InChI=1S/C16H25N3O2/c1-18(2)16(21)14-4-3-9-19(14)11-15(20)13-7-5-12(10-17)6-8-13/h5-8,14-15,20H,3-4,9-11,17H2,1-2H3. The fraction of sp³-hybridized carbons (Fsp3) is 0.562. The number of β-amino-alcohol motifs (C(OH)–C–C–N with tert-alkyl or cyclic N) is 1. The van der Waals surface area contributed by atoms with E-state index < -0.39 is 6.10 Å². The summed E-state index contributed by atoms with van der Waals surface area (Å²) in [5.74, 6) is 0.123. The number of nitrogens with zero attached hydrogens (tertiary/aromatic N) is 2. The van der Waals surface area contributed by atoms with Crippen LogP contribution < -0.4 is 5.73 Å². The molecule has 0 saturated carbocycles. The molecule has 3 N–H and O–H groups in total. The highest BCUT2D eigenvalue weighted by Crippen LogP contribution is 2.23. The average molecular weight is 291 g/mol. The number of amides is 1. The van der Waals surface area contributed by atoms with Crippen molar-refractivity contribution in [1.82, 2.24) is 9.80 Å². The maximum Gasteiger partial charge on any atom is 0.239 e. The van der Waals surface area contributed by atoms with Crippen LogP contribution in [0.15, 0.2) is 24.3 Å². The van der Waals surface area contributed by atoms with Gasteiger partial charge in [0.25, 0.3) is 0 Å². The van der Waals surface area contributed by atoms with Gasteiger partial charge in [0, 0.05) is 27.2 Å². The molecule has 21 heavy (non-hydrogen) atoms. The van der Waals surface area contributed by atoms with Gasteiger partial charge in [-0.05, 0) is 30.5 Å². The van der Waals surface area contributed by atoms with Crippen LogP contribution in [0.1, 0.15) is 30.1 Å². The second-order valence-electron chi connectivity index (χ2n) is 5.85. The Morgan fingerprint density at radius 2 is 2.10 bits per heavy atom. The number of aliphatic hydroxyl groups is 1. The molecule has 2 unspecified atom stereocenters. The first-order valence-corrected chi connectivity index (χ1v) is 7.45. The molecule has 1 amide bonds. The minimum Gasteiger partial charge on any atom is -0.387 e. The van der Waals surface area contributed by atoms with E-state index >= 15 is 0 Å². The molecular formula is C16H25N3O2. The molecular weight excluding hydrogens is 266 g/mol. The number of aliphatic hydroxyl groups excluding tert-OH is 1. The molecule has 0 aromatic heterocycles. The third kappa shape index (κ3) is 3.81. The SMILES string of the molecule is CN(C)C(=O)C1CCCN1CC(O)c1ccc(CN)cc1. The highest BCUT2D eigenvalue weighted by atomic mass is 16.3. The van der Waals surface area contributed by atoms with Crippen LogP contribution in [0.2, 0.25) is 0 Å². The van der Waals surface area contributed by atoms with Gasteiger partial charge in [-0.1, -0.05) is 24.3 Å². The summed E-state index contributed by atoms with van der Waals surface area (Å²) in [4.78, 5) is 15.9. The number of carbonyl (C=O) groups is 1. The number of hydrogen-bond donors (Lipinski definition) is 2. The van der Waals surface area contributed by atoms with E-state index in [2.05, 4.69) is 4.90 Å². The zero-order valence-electron chi connectivity index (χ0n) is 12.8. The van der Waals surface area contributed by atoms with Crippen molar-refractivity contribution in [1.29, 1.82) is 0 Å². The quantitative estimate of drug-likeness (QED) is 0.839. The first-order valence-electron chi connectivity index (χ1n) is 7.45. The number of hydrogen-bond acceptors (Lipinski definition) is 4. The van der Waals surface area contributed by atoms with E-state index in [0.717, 1.165) is 30.5 Å².